The highest BCUT2D eigenvalue weighted by Crippen LogP contribution is 2.00. The van der Waals surface area contributed by atoms with Crippen LogP contribution in [0.15, 0.2) is 25.0 Å². The Morgan fingerprint density at radius 3 is 3.20 bits per heavy atom. The van der Waals surface area contributed by atoms with E-state index in [2.05, 4.69) is 16.9 Å². The standard InChI is InChI=1S/C10H16N4O/c1-2-4-9-12-6-8-14(9)7-3-5-13-10(11)15/h2,6,8H,1,3-5,7H2,(H3,11,13,15). The molecule has 5 nitrogen and oxygen atoms in total. The summed E-state index contributed by atoms with van der Waals surface area (Å²) >= 11 is 0. The topological polar surface area (TPSA) is 72.9 Å². The van der Waals surface area contributed by atoms with Crippen LogP contribution in [0.1, 0.15) is 12.2 Å². The van der Waals surface area contributed by atoms with Crippen molar-refractivity contribution in [3.05, 3.63) is 30.9 Å². The highest BCUT2D eigenvalue weighted by Gasteiger charge is 2.00. The highest BCUT2D eigenvalue weighted by molar-refractivity contribution is 5.71. The van der Waals surface area contributed by atoms with Crippen molar-refractivity contribution in [2.24, 2.45) is 5.73 Å². The van der Waals surface area contributed by atoms with Crippen LogP contribution in [0.3, 0.4) is 0 Å². The molecule has 0 fully saturated rings. The number of aromatic nitrogens is 2. The molecule has 0 aliphatic heterocycles. The Balaban J connectivity index is 2.33. The fourth-order valence-electron chi connectivity index (χ4n) is 1.32. The Morgan fingerprint density at radius 1 is 1.73 bits per heavy atom. The normalized spacial score (nSPS) is 9.87. The van der Waals surface area contributed by atoms with Gasteiger partial charge in [-0.15, -0.1) is 6.58 Å². The van der Waals surface area contributed by atoms with Gasteiger partial charge in [0.05, 0.1) is 0 Å². The smallest absolute Gasteiger partial charge is 0.312 e. The number of primary amides is 1. The molecular formula is C10H16N4O. The van der Waals surface area contributed by atoms with Gasteiger partial charge in [-0.1, -0.05) is 6.08 Å². The van der Waals surface area contributed by atoms with Crippen LogP contribution in [0.25, 0.3) is 0 Å². The molecule has 0 unspecified atom stereocenters. The number of carbonyl (C=O) groups excluding carboxylic acids is 1. The summed E-state index contributed by atoms with van der Waals surface area (Å²) < 4.78 is 2.05. The second-order valence-electron chi connectivity index (χ2n) is 3.17. The van der Waals surface area contributed by atoms with E-state index in [-0.39, 0.29) is 0 Å². The largest absolute Gasteiger partial charge is 0.352 e. The molecule has 1 aromatic rings. The van der Waals surface area contributed by atoms with E-state index in [1.165, 1.54) is 0 Å². The number of urea groups is 1. The van der Waals surface area contributed by atoms with Crippen LogP contribution < -0.4 is 11.1 Å². The molecule has 0 aliphatic rings. The zero-order valence-electron chi connectivity index (χ0n) is 8.65. The molecule has 2 amide bonds. The molecule has 0 spiro atoms. The fraction of sp³-hybridized carbons (Fsp3) is 0.400. The molecule has 0 atom stereocenters. The third kappa shape index (κ3) is 3.84. The van der Waals surface area contributed by atoms with Gasteiger partial charge in [-0.25, -0.2) is 9.78 Å². The lowest BCUT2D eigenvalue weighted by Gasteiger charge is -2.06. The number of nitrogens with two attached hydrogens (primary N) is 1. The number of allylic oxidation sites excluding steroid dienone is 1. The van der Waals surface area contributed by atoms with Gasteiger partial charge >= 0.3 is 6.03 Å². The zero-order valence-corrected chi connectivity index (χ0v) is 8.65. The maximum absolute atomic E-state index is 10.4. The minimum atomic E-state index is -0.480. The van der Waals surface area contributed by atoms with E-state index in [0.29, 0.717) is 6.54 Å². The number of imidazole rings is 1. The van der Waals surface area contributed by atoms with Crippen molar-refractivity contribution in [2.75, 3.05) is 6.54 Å². The maximum atomic E-state index is 10.4. The lowest BCUT2D eigenvalue weighted by Crippen LogP contribution is -2.30. The quantitative estimate of drug-likeness (QED) is 0.532. The second kappa shape index (κ2) is 5.85. The molecule has 82 valence electrons. The van der Waals surface area contributed by atoms with Crippen LogP contribution in [-0.2, 0) is 13.0 Å². The molecule has 0 radical (unpaired) electrons. The van der Waals surface area contributed by atoms with Crippen molar-refractivity contribution < 1.29 is 4.79 Å². The van der Waals surface area contributed by atoms with Gasteiger partial charge in [0.1, 0.15) is 5.82 Å². The molecule has 3 N–H and O–H groups in total. The molecule has 5 heteroatoms. The van der Waals surface area contributed by atoms with Crippen molar-refractivity contribution in [3.8, 4) is 0 Å². The maximum Gasteiger partial charge on any atom is 0.312 e. The Labute approximate surface area is 89.0 Å². The molecule has 0 aromatic carbocycles. The third-order valence-electron chi connectivity index (χ3n) is 2.00. The average Bonchev–Trinajstić information content (AvgIpc) is 2.61. The first-order valence-corrected chi connectivity index (χ1v) is 4.88. The van der Waals surface area contributed by atoms with Crippen LogP contribution in [-0.4, -0.2) is 22.1 Å². The molecule has 0 saturated heterocycles. The van der Waals surface area contributed by atoms with Crippen molar-refractivity contribution in [2.45, 2.75) is 19.4 Å². The Kier molecular flexibility index (Phi) is 4.40. The summed E-state index contributed by atoms with van der Waals surface area (Å²) in [6.07, 6.45) is 7.10. The molecule has 15 heavy (non-hydrogen) atoms. The Hall–Kier alpha value is -1.78. The van der Waals surface area contributed by atoms with E-state index in [0.717, 1.165) is 25.2 Å². The number of carbonyl (C=O) groups is 1. The summed E-state index contributed by atoms with van der Waals surface area (Å²) in [5, 5.41) is 2.54. The van der Waals surface area contributed by atoms with Crippen molar-refractivity contribution in [1.82, 2.24) is 14.9 Å². The molecule has 0 saturated carbocycles. The fourth-order valence-corrected chi connectivity index (χ4v) is 1.32. The molecule has 0 bridgehead atoms. The average molecular weight is 208 g/mol. The molecular weight excluding hydrogens is 192 g/mol. The van der Waals surface area contributed by atoms with Gasteiger partial charge in [-0.05, 0) is 6.42 Å². The van der Waals surface area contributed by atoms with E-state index >= 15 is 0 Å². The lowest BCUT2D eigenvalue weighted by atomic mass is 10.3. The number of nitrogens with one attached hydrogen (secondary N) is 1. The minimum Gasteiger partial charge on any atom is -0.352 e. The number of nitrogens with zero attached hydrogens (tertiary/aromatic N) is 2. The second-order valence-corrected chi connectivity index (χ2v) is 3.17. The van der Waals surface area contributed by atoms with Gasteiger partial charge in [0, 0.05) is 31.9 Å². The summed E-state index contributed by atoms with van der Waals surface area (Å²) in [4.78, 5) is 14.6. The van der Waals surface area contributed by atoms with E-state index in [4.69, 9.17) is 5.73 Å². The minimum absolute atomic E-state index is 0.480. The third-order valence-corrected chi connectivity index (χ3v) is 2.00. The SMILES string of the molecule is C=CCc1nccn1CCCNC(N)=O. The predicted molar refractivity (Wildman–Crippen MR) is 58.3 cm³/mol. The number of rotatable bonds is 6. The number of aryl methyl sites for hydroxylation is 1. The summed E-state index contributed by atoms with van der Waals surface area (Å²) in [5.41, 5.74) is 4.95. The van der Waals surface area contributed by atoms with Gasteiger partial charge in [0.25, 0.3) is 0 Å². The van der Waals surface area contributed by atoms with Crippen LogP contribution >= 0.6 is 0 Å². The highest BCUT2D eigenvalue weighted by atomic mass is 16.2. The Bertz CT molecular complexity index is 332. The first-order valence-electron chi connectivity index (χ1n) is 4.88. The first kappa shape index (κ1) is 11.3. The van der Waals surface area contributed by atoms with Crippen LogP contribution in [0.4, 0.5) is 4.79 Å². The summed E-state index contributed by atoms with van der Waals surface area (Å²) in [5.74, 6) is 0.990. The zero-order chi connectivity index (χ0) is 11.1. The predicted octanol–water partition coefficient (Wildman–Crippen LogP) is 0.670. The van der Waals surface area contributed by atoms with E-state index in [9.17, 15) is 4.79 Å². The van der Waals surface area contributed by atoms with Crippen molar-refractivity contribution in [3.63, 3.8) is 0 Å². The van der Waals surface area contributed by atoms with Gasteiger partial charge < -0.3 is 15.6 Å². The van der Waals surface area contributed by atoms with Crippen LogP contribution in [0, 0.1) is 0 Å². The lowest BCUT2D eigenvalue weighted by molar-refractivity contribution is 0.248. The summed E-state index contributed by atoms with van der Waals surface area (Å²) in [6.45, 7) is 5.08. The first-order chi connectivity index (χ1) is 7.24. The Morgan fingerprint density at radius 2 is 2.53 bits per heavy atom. The summed E-state index contributed by atoms with van der Waals surface area (Å²) in [6, 6.07) is -0.480. The number of amides is 2. The molecule has 1 aromatic heterocycles. The number of hydrogen-bond donors (Lipinski definition) is 2. The van der Waals surface area contributed by atoms with Gasteiger partial charge in [-0.2, -0.15) is 0 Å². The van der Waals surface area contributed by atoms with Gasteiger partial charge in [0.15, 0.2) is 0 Å². The van der Waals surface area contributed by atoms with Crippen molar-refractivity contribution >= 4 is 6.03 Å². The van der Waals surface area contributed by atoms with E-state index < -0.39 is 6.03 Å². The molecule has 0 aliphatic carbocycles. The molecule has 1 heterocycles. The van der Waals surface area contributed by atoms with Crippen LogP contribution in [0.5, 0.6) is 0 Å². The van der Waals surface area contributed by atoms with Gasteiger partial charge in [-0.3, -0.25) is 0 Å². The summed E-state index contributed by atoms with van der Waals surface area (Å²) in [7, 11) is 0. The van der Waals surface area contributed by atoms with Crippen molar-refractivity contribution in [1.29, 1.82) is 0 Å². The van der Waals surface area contributed by atoms with E-state index in [1.54, 1.807) is 6.20 Å². The monoisotopic (exact) mass is 208 g/mol. The van der Waals surface area contributed by atoms with Crippen LogP contribution in [0.2, 0.25) is 0 Å². The van der Waals surface area contributed by atoms with Gasteiger partial charge in [0.2, 0.25) is 0 Å². The number of hydrogen-bond acceptors (Lipinski definition) is 2. The molecule has 1 rings (SSSR count). The van der Waals surface area contributed by atoms with E-state index in [1.807, 2.05) is 16.8 Å².